The molecule has 0 heterocycles. The highest BCUT2D eigenvalue weighted by Gasteiger charge is 2.03. The van der Waals surface area contributed by atoms with Crippen LogP contribution in [0, 0.1) is 0 Å². The summed E-state index contributed by atoms with van der Waals surface area (Å²) in [7, 11) is 1.40. The number of carbonyl (C=O) groups is 1. The van der Waals surface area contributed by atoms with Gasteiger partial charge in [-0.2, -0.15) is 0 Å². The van der Waals surface area contributed by atoms with Crippen LogP contribution in [0.5, 0.6) is 0 Å². The van der Waals surface area contributed by atoms with E-state index in [4.69, 9.17) is 0 Å². The van der Waals surface area contributed by atoms with Crippen LogP contribution in [0.1, 0.15) is 25.8 Å². The Kier molecular flexibility index (Phi) is 6.90. The molecule has 1 aromatic carbocycles. The molecule has 0 radical (unpaired) electrons. The van der Waals surface area contributed by atoms with E-state index in [2.05, 4.69) is 41.2 Å². The number of hydrogen-bond acceptors (Lipinski definition) is 3. The van der Waals surface area contributed by atoms with Crippen molar-refractivity contribution in [3.63, 3.8) is 0 Å². The molecule has 1 rings (SSSR count). The Morgan fingerprint density at radius 1 is 1.37 bits per heavy atom. The van der Waals surface area contributed by atoms with E-state index >= 15 is 0 Å². The maximum Gasteiger partial charge on any atom is 0.333 e. The van der Waals surface area contributed by atoms with Gasteiger partial charge in [0.05, 0.1) is 7.11 Å². The Morgan fingerprint density at radius 2 is 2.05 bits per heavy atom. The van der Waals surface area contributed by atoms with Crippen LogP contribution in [0.2, 0.25) is 0 Å². The molecule has 0 aliphatic heterocycles. The van der Waals surface area contributed by atoms with Crippen LogP contribution in [-0.2, 0) is 16.0 Å². The van der Waals surface area contributed by atoms with Gasteiger partial charge in [-0.1, -0.05) is 36.4 Å². The van der Waals surface area contributed by atoms with E-state index in [0.29, 0.717) is 18.2 Å². The van der Waals surface area contributed by atoms with Gasteiger partial charge in [-0.25, -0.2) is 4.79 Å². The molecule has 19 heavy (non-hydrogen) atoms. The van der Waals surface area contributed by atoms with E-state index in [1.165, 1.54) is 12.7 Å². The molecule has 0 saturated carbocycles. The monoisotopic (exact) mass is 261 g/mol. The first kappa shape index (κ1) is 15.4. The minimum atomic E-state index is -0.265. The third-order valence-electron chi connectivity index (χ3n) is 3.09. The summed E-state index contributed by atoms with van der Waals surface area (Å²) < 4.78 is 4.64. The number of ether oxygens (including phenoxy) is 1. The van der Waals surface area contributed by atoms with E-state index < -0.39 is 0 Å². The standard InChI is InChI=1S/C16H23NO2/c1-13(16(18)19-3)11-12-17-14(2)9-10-15-7-5-4-6-8-15/h4-8,11,14,17H,9-10,12H2,1-3H3/b13-11+. The summed E-state index contributed by atoms with van der Waals surface area (Å²) in [5.41, 5.74) is 2.00. The number of nitrogens with one attached hydrogen (secondary N) is 1. The molecule has 3 nitrogen and oxygen atoms in total. The van der Waals surface area contributed by atoms with Crippen molar-refractivity contribution in [2.24, 2.45) is 0 Å². The Hall–Kier alpha value is -1.61. The highest BCUT2D eigenvalue weighted by molar-refractivity contribution is 5.87. The summed E-state index contributed by atoms with van der Waals surface area (Å²) in [6.45, 7) is 4.61. The quantitative estimate of drug-likeness (QED) is 0.606. The second-order valence-electron chi connectivity index (χ2n) is 4.71. The van der Waals surface area contributed by atoms with Crippen molar-refractivity contribution in [2.45, 2.75) is 32.7 Å². The van der Waals surface area contributed by atoms with Gasteiger partial charge in [-0.3, -0.25) is 0 Å². The fourth-order valence-electron chi connectivity index (χ4n) is 1.79. The molecule has 0 bridgehead atoms. The Labute approximate surface area is 115 Å². The number of carbonyl (C=O) groups excluding carboxylic acids is 1. The van der Waals surface area contributed by atoms with Crippen LogP contribution < -0.4 is 5.32 Å². The summed E-state index contributed by atoms with van der Waals surface area (Å²) in [6.07, 6.45) is 4.01. The number of esters is 1. The lowest BCUT2D eigenvalue weighted by Gasteiger charge is -2.12. The molecule has 3 heteroatoms. The normalized spacial score (nSPS) is 13.1. The Bertz CT molecular complexity index is 412. The predicted octanol–water partition coefficient (Wildman–Crippen LogP) is 2.72. The van der Waals surface area contributed by atoms with Gasteiger partial charge in [0, 0.05) is 18.2 Å². The van der Waals surface area contributed by atoms with Gasteiger partial charge in [-0.05, 0) is 32.3 Å². The van der Waals surface area contributed by atoms with Crippen molar-refractivity contribution in [1.29, 1.82) is 0 Å². The van der Waals surface area contributed by atoms with Crippen molar-refractivity contribution in [1.82, 2.24) is 5.32 Å². The first-order chi connectivity index (χ1) is 9.13. The fraction of sp³-hybridized carbons (Fsp3) is 0.438. The minimum absolute atomic E-state index is 0.265. The maximum absolute atomic E-state index is 11.2. The third-order valence-corrected chi connectivity index (χ3v) is 3.09. The second-order valence-corrected chi connectivity index (χ2v) is 4.71. The molecular weight excluding hydrogens is 238 g/mol. The zero-order valence-electron chi connectivity index (χ0n) is 12.0. The lowest BCUT2D eigenvalue weighted by Crippen LogP contribution is -2.27. The molecule has 0 aliphatic rings. The average molecular weight is 261 g/mol. The minimum Gasteiger partial charge on any atom is -0.466 e. The molecule has 104 valence electrons. The van der Waals surface area contributed by atoms with Crippen LogP contribution in [0.15, 0.2) is 42.0 Å². The largest absolute Gasteiger partial charge is 0.466 e. The molecule has 0 spiro atoms. The van der Waals surface area contributed by atoms with Crippen LogP contribution in [0.3, 0.4) is 0 Å². The second kappa shape index (κ2) is 8.48. The molecule has 0 aliphatic carbocycles. The highest BCUT2D eigenvalue weighted by Crippen LogP contribution is 2.04. The molecule has 1 aromatic rings. The summed E-state index contributed by atoms with van der Waals surface area (Å²) in [5, 5.41) is 3.38. The van der Waals surface area contributed by atoms with Crippen LogP contribution in [0.4, 0.5) is 0 Å². The topological polar surface area (TPSA) is 38.3 Å². The van der Waals surface area contributed by atoms with Crippen LogP contribution in [0.25, 0.3) is 0 Å². The number of benzene rings is 1. The third kappa shape index (κ3) is 6.20. The smallest absolute Gasteiger partial charge is 0.333 e. The van der Waals surface area contributed by atoms with E-state index in [9.17, 15) is 4.79 Å². The molecule has 1 atom stereocenters. The van der Waals surface area contributed by atoms with Gasteiger partial charge >= 0.3 is 5.97 Å². The van der Waals surface area contributed by atoms with E-state index in [0.717, 1.165) is 12.8 Å². The van der Waals surface area contributed by atoms with Crippen molar-refractivity contribution < 1.29 is 9.53 Å². The zero-order chi connectivity index (χ0) is 14.1. The lowest BCUT2D eigenvalue weighted by atomic mass is 10.1. The van der Waals surface area contributed by atoms with E-state index in [1.807, 2.05) is 12.1 Å². The molecule has 0 amide bonds. The Balaban J connectivity index is 2.25. The SMILES string of the molecule is COC(=O)/C(C)=C/CNC(C)CCc1ccccc1. The molecular formula is C16H23NO2. The summed E-state index contributed by atoms with van der Waals surface area (Å²) in [6, 6.07) is 10.9. The van der Waals surface area contributed by atoms with E-state index in [1.54, 1.807) is 6.92 Å². The predicted molar refractivity (Wildman–Crippen MR) is 78.0 cm³/mol. The maximum atomic E-state index is 11.2. The summed E-state index contributed by atoms with van der Waals surface area (Å²) in [4.78, 5) is 11.2. The Morgan fingerprint density at radius 3 is 2.68 bits per heavy atom. The molecule has 1 N–H and O–H groups in total. The van der Waals surface area contributed by atoms with Gasteiger partial charge in [0.25, 0.3) is 0 Å². The van der Waals surface area contributed by atoms with Gasteiger partial charge in [0.15, 0.2) is 0 Å². The number of rotatable bonds is 7. The average Bonchev–Trinajstić information content (AvgIpc) is 2.45. The van der Waals surface area contributed by atoms with Crippen molar-refractivity contribution in [3.8, 4) is 0 Å². The van der Waals surface area contributed by atoms with Crippen molar-refractivity contribution in [3.05, 3.63) is 47.5 Å². The fourth-order valence-corrected chi connectivity index (χ4v) is 1.79. The highest BCUT2D eigenvalue weighted by atomic mass is 16.5. The first-order valence-electron chi connectivity index (χ1n) is 6.66. The molecule has 0 saturated heterocycles. The first-order valence-corrected chi connectivity index (χ1v) is 6.66. The van der Waals surface area contributed by atoms with Gasteiger partial charge in [-0.15, -0.1) is 0 Å². The lowest BCUT2D eigenvalue weighted by molar-refractivity contribution is -0.136. The van der Waals surface area contributed by atoms with Gasteiger partial charge in [0.2, 0.25) is 0 Å². The van der Waals surface area contributed by atoms with Gasteiger partial charge < -0.3 is 10.1 Å². The molecule has 0 aromatic heterocycles. The number of hydrogen-bond donors (Lipinski definition) is 1. The van der Waals surface area contributed by atoms with Crippen molar-refractivity contribution in [2.75, 3.05) is 13.7 Å². The van der Waals surface area contributed by atoms with Crippen LogP contribution >= 0.6 is 0 Å². The van der Waals surface area contributed by atoms with Gasteiger partial charge in [0.1, 0.15) is 0 Å². The number of aryl methyl sites for hydroxylation is 1. The van der Waals surface area contributed by atoms with E-state index in [-0.39, 0.29) is 5.97 Å². The summed E-state index contributed by atoms with van der Waals surface area (Å²) >= 11 is 0. The molecule has 0 fully saturated rings. The van der Waals surface area contributed by atoms with Crippen molar-refractivity contribution >= 4 is 5.97 Å². The molecule has 1 unspecified atom stereocenters. The zero-order valence-corrected chi connectivity index (χ0v) is 12.0. The number of methoxy groups -OCH3 is 1. The van der Waals surface area contributed by atoms with Crippen LogP contribution in [-0.4, -0.2) is 25.7 Å². The summed E-state index contributed by atoms with van der Waals surface area (Å²) in [5.74, 6) is -0.265.